The number of carbonyl (C=O) groups is 2. The Hall–Kier alpha value is -1.98. The molecule has 1 aromatic heterocycles. The lowest BCUT2D eigenvalue weighted by molar-refractivity contribution is -0.132. The second kappa shape index (κ2) is 6.20. The summed E-state index contributed by atoms with van der Waals surface area (Å²) in [6.07, 6.45) is 4.49. The second-order valence-electron chi connectivity index (χ2n) is 5.68. The van der Waals surface area contributed by atoms with Gasteiger partial charge < -0.3 is 19.5 Å². The van der Waals surface area contributed by atoms with Crippen LogP contribution in [0, 0.1) is 5.92 Å². The van der Waals surface area contributed by atoms with Crippen molar-refractivity contribution >= 4 is 11.9 Å². The first-order chi connectivity index (χ1) is 10.2. The van der Waals surface area contributed by atoms with Gasteiger partial charge in [-0.3, -0.25) is 4.79 Å². The molecule has 0 spiro atoms. The van der Waals surface area contributed by atoms with Crippen LogP contribution in [0.4, 0.5) is 4.79 Å². The normalized spacial score (nSPS) is 19.2. The predicted molar refractivity (Wildman–Crippen MR) is 76.4 cm³/mol. The molecule has 114 valence electrons. The lowest BCUT2D eigenvalue weighted by Crippen LogP contribution is -2.42. The second-order valence-corrected chi connectivity index (χ2v) is 5.68. The third-order valence-electron chi connectivity index (χ3n) is 4.02. The van der Waals surface area contributed by atoms with E-state index >= 15 is 0 Å². The molecule has 3 rings (SSSR count). The number of amides is 3. The molecule has 0 unspecified atom stereocenters. The smallest absolute Gasteiger partial charge is 0.317 e. The summed E-state index contributed by atoms with van der Waals surface area (Å²) in [5, 5.41) is 2.85. The molecule has 2 fully saturated rings. The van der Waals surface area contributed by atoms with Crippen LogP contribution in [0.2, 0.25) is 0 Å². The summed E-state index contributed by atoms with van der Waals surface area (Å²) >= 11 is 0. The van der Waals surface area contributed by atoms with Gasteiger partial charge >= 0.3 is 6.03 Å². The fraction of sp³-hybridized carbons (Fsp3) is 0.600. The summed E-state index contributed by atoms with van der Waals surface area (Å²) < 4.78 is 5.19. The van der Waals surface area contributed by atoms with E-state index in [2.05, 4.69) is 5.32 Å². The molecular formula is C15H21N3O3. The molecule has 3 amide bonds. The minimum Gasteiger partial charge on any atom is -0.467 e. The minimum absolute atomic E-state index is 0.0906. The molecule has 1 aliphatic heterocycles. The maximum absolute atomic E-state index is 12.1. The van der Waals surface area contributed by atoms with E-state index in [4.69, 9.17) is 4.42 Å². The first kappa shape index (κ1) is 14.0. The standard InChI is InChI=1S/C15H21N3O3/c19-14(12-4-5-12)17-6-2-7-18(9-8-17)15(20)16-11-13-3-1-10-21-13/h1,3,10,12H,2,4-9,11H2,(H,16,20). The average Bonchev–Trinajstić information content (AvgIpc) is 3.26. The molecule has 2 aliphatic rings. The van der Waals surface area contributed by atoms with Crippen molar-refractivity contribution in [1.29, 1.82) is 0 Å². The first-order valence-corrected chi connectivity index (χ1v) is 7.58. The molecule has 1 N–H and O–H groups in total. The van der Waals surface area contributed by atoms with E-state index in [1.807, 2.05) is 11.0 Å². The monoisotopic (exact) mass is 291 g/mol. The Bertz CT molecular complexity index is 496. The van der Waals surface area contributed by atoms with Crippen molar-refractivity contribution in [1.82, 2.24) is 15.1 Å². The van der Waals surface area contributed by atoms with E-state index < -0.39 is 0 Å². The minimum atomic E-state index is -0.0906. The quantitative estimate of drug-likeness (QED) is 0.916. The molecule has 0 aromatic carbocycles. The van der Waals surface area contributed by atoms with Gasteiger partial charge in [-0.05, 0) is 31.4 Å². The van der Waals surface area contributed by atoms with Gasteiger partial charge in [0.1, 0.15) is 5.76 Å². The summed E-state index contributed by atoms with van der Waals surface area (Å²) in [5.41, 5.74) is 0. The van der Waals surface area contributed by atoms with E-state index in [0.717, 1.165) is 31.6 Å². The van der Waals surface area contributed by atoms with Crippen molar-refractivity contribution in [3.8, 4) is 0 Å². The third kappa shape index (κ3) is 3.56. The molecule has 1 saturated carbocycles. The fourth-order valence-electron chi connectivity index (χ4n) is 2.62. The van der Waals surface area contributed by atoms with Crippen LogP contribution >= 0.6 is 0 Å². The lowest BCUT2D eigenvalue weighted by Gasteiger charge is -2.22. The summed E-state index contributed by atoms with van der Waals surface area (Å²) in [6, 6.07) is 3.54. The van der Waals surface area contributed by atoms with Crippen molar-refractivity contribution in [2.75, 3.05) is 26.2 Å². The molecule has 0 radical (unpaired) electrons. The van der Waals surface area contributed by atoms with Gasteiger partial charge in [-0.1, -0.05) is 0 Å². The van der Waals surface area contributed by atoms with Crippen LogP contribution < -0.4 is 5.32 Å². The Balaban J connectivity index is 1.47. The zero-order valence-corrected chi connectivity index (χ0v) is 12.1. The summed E-state index contributed by atoms with van der Waals surface area (Å²) in [7, 11) is 0. The van der Waals surface area contributed by atoms with Gasteiger partial charge in [0, 0.05) is 32.1 Å². The van der Waals surface area contributed by atoms with Gasteiger partial charge in [-0.15, -0.1) is 0 Å². The third-order valence-corrected chi connectivity index (χ3v) is 4.02. The molecule has 21 heavy (non-hydrogen) atoms. The van der Waals surface area contributed by atoms with E-state index in [9.17, 15) is 9.59 Å². The van der Waals surface area contributed by atoms with Gasteiger partial charge in [-0.25, -0.2) is 4.79 Å². The van der Waals surface area contributed by atoms with Crippen molar-refractivity contribution in [3.05, 3.63) is 24.2 Å². The van der Waals surface area contributed by atoms with E-state index in [1.54, 1.807) is 17.2 Å². The van der Waals surface area contributed by atoms with Crippen LogP contribution in [-0.4, -0.2) is 47.9 Å². The number of furan rings is 1. The molecule has 1 saturated heterocycles. The maximum Gasteiger partial charge on any atom is 0.317 e. The van der Waals surface area contributed by atoms with E-state index in [0.29, 0.717) is 26.2 Å². The Morgan fingerprint density at radius 1 is 1.19 bits per heavy atom. The summed E-state index contributed by atoms with van der Waals surface area (Å²) in [4.78, 5) is 27.9. The Morgan fingerprint density at radius 3 is 2.67 bits per heavy atom. The number of nitrogens with one attached hydrogen (secondary N) is 1. The van der Waals surface area contributed by atoms with Crippen LogP contribution in [-0.2, 0) is 11.3 Å². The lowest BCUT2D eigenvalue weighted by atomic mass is 10.3. The fourth-order valence-corrected chi connectivity index (χ4v) is 2.62. The van der Waals surface area contributed by atoms with Gasteiger partial charge in [-0.2, -0.15) is 0 Å². The molecule has 1 aromatic rings. The Morgan fingerprint density at radius 2 is 1.95 bits per heavy atom. The topological polar surface area (TPSA) is 65.8 Å². The van der Waals surface area contributed by atoms with Crippen molar-refractivity contribution in [2.24, 2.45) is 5.92 Å². The van der Waals surface area contributed by atoms with Crippen molar-refractivity contribution < 1.29 is 14.0 Å². The van der Waals surface area contributed by atoms with Gasteiger partial charge in [0.2, 0.25) is 5.91 Å². The number of hydrogen-bond donors (Lipinski definition) is 1. The number of carbonyl (C=O) groups excluding carboxylic acids is 2. The average molecular weight is 291 g/mol. The van der Waals surface area contributed by atoms with Crippen LogP contribution in [0.1, 0.15) is 25.0 Å². The molecule has 6 nitrogen and oxygen atoms in total. The molecular weight excluding hydrogens is 270 g/mol. The van der Waals surface area contributed by atoms with Crippen molar-refractivity contribution in [2.45, 2.75) is 25.8 Å². The molecule has 6 heteroatoms. The Labute approximate surface area is 124 Å². The summed E-state index contributed by atoms with van der Waals surface area (Å²) in [6.45, 7) is 3.09. The SMILES string of the molecule is O=C(NCc1ccco1)N1CCCN(C(=O)C2CC2)CC1. The van der Waals surface area contributed by atoms with E-state index in [-0.39, 0.29) is 17.9 Å². The summed E-state index contributed by atoms with van der Waals surface area (Å²) in [5.74, 6) is 1.26. The first-order valence-electron chi connectivity index (χ1n) is 7.58. The van der Waals surface area contributed by atoms with Gasteiger partial charge in [0.15, 0.2) is 0 Å². The Kier molecular flexibility index (Phi) is 4.13. The van der Waals surface area contributed by atoms with Crippen molar-refractivity contribution in [3.63, 3.8) is 0 Å². The highest BCUT2D eigenvalue weighted by Crippen LogP contribution is 2.31. The highest BCUT2D eigenvalue weighted by atomic mass is 16.3. The highest BCUT2D eigenvalue weighted by Gasteiger charge is 2.34. The zero-order chi connectivity index (χ0) is 14.7. The van der Waals surface area contributed by atoms with Crippen LogP contribution in [0.5, 0.6) is 0 Å². The molecule has 2 heterocycles. The molecule has 1 aliphatic carbocycles. The number of rotatable bonds is 3. The van der Waals surface area contributed by atoms with Gasteiger partial charge in [0.05, 0.1) is 12.8 Å². The maximum atomic E-state index is 12.1. The largest absolute Gasteiger partial charge is 0.467 e. The number of urea groups is 1. The highest BCUT2D eigenvalue weighted by molar-refractivity contribution is 5.81. The van der Waals surface area contributed by atoms with Gasteiger partial charge in [0.25, 0.3) is 0 Å². The molecule has 0 bridgehead atoms. The van der Waals surface area contributed by atoms with Crippen LogP contribution in [0.3, 0.4) is 0 Å². The molecule has 0 atom stereocenters. The predicted octanol–water partition coefficient (Wildman–Crippen LogP) is 1.43. The van der Waals surface area contributed by atoms with Crippen LogP contribution in [0.25, 0.3) is 0 Å². The zero-order valence-electron chi connectivity index (χ0n) is 12.1. The number of hydrogen-bond acceptors (Lipinski definition) is 3. The van der Waals surface area contributed by atoms with E-state index in [1.165, 1.54) is 0 Å². The van der Waals surface area contributed by atoms with Crippen LogP contribution in [0.15, 0.2) is 22.8 Å². The number of nitrogens with zero attached hydrogens (tertiary/aromatic N) is 2.